The lowest BCUT2D eigenvalue weighted by Crippen LogP contribution is -2.23. The molecule has 2 heterocycles. The predicted molar refractivity (Wildman–Crippen MR) is 81.8 cm³/mol. The zero-order valence-corrected chi connectivity index (χ0v) is 12.2. The number of hydrogen-bond acceptors (Lipinski definition) is 4. The third kappa shape index (κ3) is 3.12. The standard InChI is InChI=1S/C15H12ClN5O/c16-12-5-1-2-6-14(12)21-10-13(19-20-21)15(22)18-9-11-4-3-7-17-8-11/h1-8,10H,9H2,(H,18,22). The van der Waals surface area contributed by atoms with Crippen LogP contribution in [0.15, 0.2) is 55.0 Å². The number of nitrogens with zero attached hydrogens (tertiary/aromatic N) is 4. The number of amides is 1. The summed E-state index contributed by atoms with van der Waals surface area (Å²) in [7, 11) is 0. The van der Waals surface area contributed by atoms with Gasteiger partial charge in [-0.05, 0) is 23.8 Å². The Labute approximate surface area is 131 Å². The summed E-state index contributed by atoms with van der Waals surface area (Å²) in [5, 5.41) is 11.1. The molecule has 6 nitrogen and oxygen atoms in total. The number of benzene rings is 1. The molecule has 0 aliphatic carbocycles. The van der Waals surface area contributed by atoms with Crippen molar-refractivity contribution in [3.63, 3.8) is 0 Å². The van der Waals surface area contributed by atoms with Crippen molar-refractivity contribution in [3.8, 4) is 5.69 Å². The molecular formula is C15H12ClN5O. The zero-order chi connectivity index (χ0) is 15.4. The molecule has 0 bridgehead atoms. The Bertz CT molecular complexity index is 787. The van der Waals surface area contributed by atoms with Crippen LogP contribution in [0.1, 0.15) is 16.1 Å². The van der Waals surface area contributed by atoms with E-state index in [1.165, 1.54) is 4.68 Å². The Kier molecular flexibility index (Phi) is 4.11. The number of rotatable bonds is 4. The van der Waals surface area contributed by atoms with E-state index >= 15 is 0 Å². The van der Waals surface area contributed by atoms with Crippen LogP contribution in [0.5, 0.6) is 0 Å². The average Bonchev–Trinajstić information content (AvgIpc) is 3.04. The largest absolute Gasteiger partial charge is 0.346 e. The first kappa shape index (κ1) is 14.2. The summed E-state index contributed by atoms with van der Waals surface area (Å²) in [6.45, 7) is 0.381. The number of aromatic nitrogens is 4. The average molecular weight is 314 g/mol. The fourth-order valence-corrected chi connectivity index (χ4v) is 2.12. The summed E-state index contributed by atoms with van der Waals surface area (Å²) in [6.07, 6.45) is 4.92. The summed E-state index contributed by atoms with van der Waals surface area (Å²) in [4.78, 5) is 16.1. The van der Waals surface area contributed by atoms with Crippen LogP contribution in [0.25, 0.3) is 5.69 Å². The van der Waals surface area contributed by atoms with E-state index in [2.05, 4.69) is 20.6 Å². The molecule has 0 atom stereocenters. The second-order valence-electron chi connectivity index (χ2n) is 4.54. The molecule has 0 saturated carbocycles. The van der Waals surface area contributed by atoms with Crippen molar-refractivity contribution in [2.45, 2.75) is 6.54 Å². The second-order valence-corrected chi connectivity index (χ2v) is 4.95. The first-order valence-electron chi connectivity index (χ1n) is 6.58. The molecule has 22 heavy (non-hydrogen) atoms. The summed E-state index contributed by atoms with van der Waals surface area (Å²) >= 11 is 6.09. The lowest BCUT2D eigenvalue weighted by molar-refractivity contribution is 0.0946. The highest BCUT2D eigenvalue weighted by atomic mass is 35.5. The van der Waals surface area contributed by atoms with Gasteiger partial charge in [0.1, 0.15) is 0 Å². The van der Waals surface area contributed by atoms with E-state index in [-0.39, 0.29) is 11.6 Å². The number of hydrogen-bond donors (Lipinski definition) is 1. The lowest BCUT2D eigenvalue weighted by atomic mass is 10.3. The van der Waals surface area contributed by atoms with Crippen molar-refractivity contribution >= 4 is 17.5 Å². The third-order valence-corrected chi connectivity index (χ3v) is 3.32. The maximum absolute atomic E-state index is 12.1. The van der Waals surface area contributed by atoms with E-state index < -0.39 is 0 Å². The molecule has 0 aliphatic heterocycles. The van der Waals surface area contributed by atoms with Gasteiger partial charge in [0, 0.05) is 18.9 Å². The molecule has 1 amide bonds. The minimum atomic E-state index is -0.304. The van der Waals surface area contributed by atoms with Crippen LogP contribution in [0.4, 0.5) is 0 Å². The normalized spacial score (nSPS) is 10.4. The monoisotopic (exact) mass is 313 g/mol. The summed E-state index contributed by atoms with van der Waals surface area (Å²) in [5.74, 6) is -0.304. The van der Waals surface area contributed by atoms with E-state index in [0.717, 1.165) is 5.56 Å². The second kappa shape index (κ2) is 6.36. The maximum atomic E-state index is 12.1. The van der Waals surface area contributed by atoms with Crippen molar-refractivity contribution in [2.75, 3.05) is 0 Å². The number of halogens is 1. The fraction of sp³-hybridized carbons (Fsp3) is 0.0667. The Balaban J connectivity index is 1.71. The van der Waals surface area contributed by atoms with Gasteiger partial charge in [0.25, 0.3) is 5.91 Å². The maximum Gasteiger partial charge on any atom is 0.273 e. The smallest absolute Gasteiger partial charge is 0.273 e. The van der Waals surface area contributed by atoms with E-state index in [1.54, 1.807) is 30.7 Å². The lowest BCUT2D eigenvalue weighted by Gasteiger charge is -2.02. The van der Waals surface area contributed by atoms with Crippen molar-refractivity contribution in [1.29, 1.82) is 0 Å². The van der Waals surface area contributed by atoms with Crippen molar-refractivity contribution in [1.82, 2.24) is 25.3 Å². The van der Waals surface area contributed by atoms with Crippen LogP contribution in [-0.2, 0) is 6.54 Å². The fourth-order valence-electron chi connectivity index (χ4n) is 1.90. The predicted octanol–water partition coefficient (Wildman–Crippen LogP) is 2.25. The van der Waals surface area contributed by atoms with Crippen LogP contribution in [0, 0.1) is 0 Å². The van der Waals surface area contributed by atoms with Gasteiger partial charge in [0.05, 0.1) is 16.9 Å². The highest BCUT2D eigenvalue weighted by molar-refractivity contribution is 6.32. The molecule has 0 aliphatic rings. The van der Waals surface area contributed by atoms with E-state index in [1.807, 2.05) is 24.3 Å². The minimum absolute atomic E-state index is 0.226. The van der Waals surface area contributed by atoms with E-state index in [9.17, 15) is 4.79 Å². The topological polar surface area (TPSA) is 72.7 Å². The van der Waals surface area contributed by atoms with Crippen LogP contribution in [0.2, 0.25) is 5.02 Å². The first-order valence-corrected chi connectivity index (χ1v) is 6.96. The molecule has 0 fully saturated rings. The molecule has 3 rings (SSSR count). The van der Waals surface area contributed by atoms with Gasteiger partial charge in [0.15, 0.2) is 5.69 Å². The third-order valence-electron chi connectivity index (χ3n) is 3.00. The number of nitrogens with one attached hydrogen (secondary N) is 1. The van der Waals surface area contributed by atoms with Crippen molar-refractivity contribution in [3.05, 3.63) is 71.3 Å². The first-order chi connectivity index (χ1) is 10.7. The molecule has 1 N–H and O–H groups in total. The minimum Gasteiger partial charge on any atom is -0.346 e. The van der Waals surface area contributed by atoms with Gasteiger partial charge in [-0.15, -0.1) is 5.10 Å². The van der Waals surface area contributed by atoms with Gasteiger partial charge >= 0.3 is 0 Å². The van der Waals surface area contributed by atoms with Crippen molar-refractivity contribution < 1.29 is 4.79 Å². The van der Waals surface area contributed by atoms with Crippen molar-refractivity contribution in [2.24, 2.45) is 0 Å². The molecular weight excluding hydrogens is 302 g/mol. The SMILES string of the molecule is O=C(NCc1cccnc1)c1cn(-c2ccccc2Cl)nn1. The summed E-state index contributed by atoms with van der Waals surface area (Å²) in [6, 6.07) is 10.9. The van der Waals surface area contributed by atoms with Gasteiger partial charge in [-0.3, -0.25) is 9.78 Å². The van der Waals surface area contributed by atoms with Crippen LogP contribution >= 0.6 is 11.6 Å². The number of carbonyl (C=O) groups is 1. The Morgan fingerprint density at radius 3 is 2.86 bits per heavy atom. The highest BCUT2D eigenvalue weighted by Gasteiger charge is 2.12. The molecule has 0 unspecified atom stereocenters. The number of pyridine rings is 1. The van der Waals surface area contributed by atoms with Gasteiger partial charge in [-0.25, -0.2) is 4.68 Å². The Hall–Kier alpha value is -2.73. The van der Waals surface area contributed by atoms with E-state index in [4.69, 9.17) is 11.6 Å². The van der Waals surface area contributed by atoms with Crippen LogP contribution < -0.4 is 5.32 Å². The quantitative estimate of drug-likeness (QED) is 0.802. The highest BCUT2D eigenvalue weighted by Crippen LogP contribution is 2.18. The number of para-hydroxylation sites is 1. The van der Waals surface area contributed by atoms with Crippen LogP contribution in [0.3, 0.4) is 0 Å². The molecule has 2 aromatic heterocycles. The van der Waals surface area contributed by atoms with Crippen LogP contribution in [-0.4, -0.2) is 25.9 Å². The summed E-state index contributed by atoms with van der Waals surface area (Å²) < 4.78 is 1.47. The Morgan fingerprint density at radius 1 is 1.23 bits per heavy atom. The van der Waals surface area contributed by atoms with E-state index in [0.29, 0.717) is 17.3 Å². The molecule has 7 heteroatoms. The van der Waals surface area contributed by atoms with Gasteiger partial charge < -0.3 is 5.32 Å². The Morgan fingerprint density at radius 2 is 2.09 bits per heavy atom. The zero-order valence-electron chi connectivity index (χ0n) is 11.5. The van der Waals surface area contributed by atoms with Gasteiger partial charge in [-0.2, -0.15) is 0 Å². The molecule has 1 aromatic carbocycles. The molecule has 0 spiro atoms. The van der Waals surface area contributed by atoms with Gasteiger partial charge in [0.2, 0.25) is 0 Å². The molecule has 3 aromatic rings. The van der Waals surface area contributed by atoms with Gasteiger partial charge in [-0.1, -0.05) is 35.0 Å². The molecule has 110 valence electrons. The molecule has 0 saturated heterocycles. The number of carbonyl (C=O) groups excluding carboxylic acids is 1. The summed E-state index contributed by atoms with van der Waals surface area (Å²) in [5.41, 5.74) is 1.81. The molecule has 0 radical (unpaired) electrons.